The number of halogens is 1. The first-order valence-corrected chi connectivity index (χ1v) is 6.87. The topological polar surface area (TPSA) is 85.1 Å². The van der Waals surface area contributed by atoms with Crippen LogP contribution in [0.3, 0.4) is 0 Å². The van der Waals surface area contributed by atoms with E-state index in [9.17, 15) is 12.8 Å². The molecule has 0 fully saturated rings. The van der Waals surface area contributed by atoms with Gasteiger partial charge in [0.15, 0.2) is 0 Å². The number of benzene rings is 1. The maximum atomic E-state index is 13.0. The second kappa shape index (κ2) is 4.85. The Hall–Kier alpha value is -2.15. The third-order valence-electron chi connectivity index (χ3n) is 2.43. The SMILES string of the molecule is Cc1ccnc(NS(=O)(=O)c2ccc(F)c(N)c2)c1. The summed E-state index contributed by atoms with van der Waals surface area (Å²) in [6, 6.07) is 6.54. The molecule has 0 aliphatic carbocycles. The summed E-state index contributed by atoms with van der Waals surface area (Å²) in [5, 5.41) is 0. The number of pyridine rings is 1. The molecular weight excluding hydrogens is 269 g/mol. The number of nitrogen functional groups attached to an aromatic ring is 1. The van der Waals surface area contributed by atoms with Gasteiger partial charge in [-0.05, 0) is 42.8 Å². The van der Waals surface area contributed by atoms with Gasteiger partial charge in [-0.25, -0.2) is 17.8 Å². The summed E-state index contributed by atoms with van der Waals surface area (Å²) in [5.74, 6) is -0.462. The van der Waals surface area contributed by atoms with Crippen molar-refractivity contribution in [2.24, 2.45) is 0 Å². The molecule has 0 bridgehead atoms. The van der Waals surface area contributed by atoms with Crippen LogP contribution in [-0.2, 0) is 10.0 Å². The Bertz CT molecular complexity index is 717. The Balaban J connectivity index is 2.35. The van der Waals surface area contributed by atoms with Gasteiger partial charge in [0.2, 0.25) is 0 Å². The van der Waals surface area contributed by atoms with Crippen molar-refractivity contribution in [2.45, 2.75) is 11.8 Å². The normalized spacial score (nSPS) is 11.3. The molecule has 0 aliphatic heterocycles. The number of nitrogens with two attached hydrogens (primary N) is 1. The van der Waals surface area contributed by atoms with Crippen molar-refractivity contribution >= 4 is 21.5 Å². The van der Waals surface area contributed by atoms with E-state index in [-0.39, 0.29) is 16.4 Å². The van der Waals surface area contributed by atoms with Gasteiger partial charge >= 0.3 is 0 Å². The van der Waals surface area contributed by atoms with Crippen molar-refractivity contribution in [1.82, 2.24) is 4.98 Å². The molecule has 3 N–H and O–H groups in total. The van der Waals surface area contributed by atoms with Crippen molar-refractivity contribution in [1.29, 1.82) is 0 Å². The Morgan fingerprint density at radius 1 is 1.26 bits per heavy atom. The number of hydrogen-bond donors (Lipinski definition) is 2. The minimum Gasteiger partial charge on any atom is -0.396 e. The van der Waals surface area contributed by atoms with E-state index in [0.29, 0.717) is 0 Å². The first-order valence-electron chi connectivity index (χ1n) is 5.39. The lowest BCUT2D eigenvalue weighted by Crippen LogP contribution is -2.14. The smallest absolute Gasteiger partial charge is 0.263 e. The maximum Gasteiger partial charge on any atom is 0.263 e. The molecule has 1 aromatic heterocycles. The minimum absolute atomic E-state index is 0.116. The fourth-order valence-electron chi connectivity index (χ4n) is 1.48. The van der Waals surface area contributed by atoms with Gasteiger partial charge in [0.25, 0.3) is 10.0 Å². The number of aromatic nitrogens is 1. The lowest BCUT2D eigenvalue weighted by Gasteiger charge is -2.08. The van der Waals surface area contributed by atoms with E-state index in [2.05, 4.69) is 9.71 Å². The molecule has 100 valence electrons. The van der Waals surface area contributed by atoms with Gasteiger partial charge in [-0.15, -0.1) is 0 Å². The second-order valence-corrected chi connectivity index (χ2v) is 5.69. The van der Waals surface area contributed by atoms with Crippen LogP contribution in [0, 0.1) is 12.7 Å². The Morgan fingerprint density at radius 2 is 2.00 bits per heavy atom. The lowest BCUT2D eigenvalue weighted by atomic mass is 10.3. The van der Waals surface area contributed by atoms with Crippen LogP contribution >= 0.6 is 0 Å². The van der Waals surface area contributed by atoms with Gasteiger partial charge in [0, 0.05) is 6.20 Å². The predicted molar refractivity (Wildman–Crippen MR) is 70.6 cm³/mol. The molecule has 0 saturated heterocycles. The van der Waals surface area contributed by atoms with Crippen LogP contribution in [0.1, 0.15) is 5.56 Å². The van der Waals surface area contributed by atoms with E-state index < -0.39 is 15.8 Å². The highest BCUT2D eigenvalue weighted by Crippen LogP contribution is 2.19. The minimum atomic E-state index is -3.83. The number of nitrogens with one attached hydrogen (secondary N) is 1. The van der Waals surface area contributed by atoms with E-state index in [4.69, 9.17) is 5.73 Å². The molecule has 0 amide bonds. The highest BCUT2D eigenvalue weighted by atomic mass is 32.2. The van der Waals surface area contributed by atoms with Crippen molar-refractivity contribution in [3.05, 3.63) is 47.9 Å². The van der Waals surface area contributed by atoms with Gasteiger partial charge in [0.1, 0.15) is 11.6 Å². The van der Waals surface area contributed by atoms with E-state index in [0.717, 1.165) is 23.8 Å². The highest BCUT2D eigenvalue weighted by Gasteiger charge is 2.16. The van der Waals surface area contributed by atoms with Crippen molar-refractivity contribution in [3.8, 4) is 0 Å². The summed E-state index contributed by atoms with van der Waals surface area (Å²) in [6.45, 7) is 1.81. The number of aryl methyl sites for hydroxylation is 1. The summed E-state index contributed by atoms with van der Waals surface area (Å²) < 4.78 is 39.4. The Kier molecular flexibility index (Phi) is 3.39. The fourth-order valence-corrected chi connectivity index (χ4v) is 2.51. The van der Waals surface area contributed by atoms with Gasteiger partial charge < -0.3 is 5.73 Å². The van der Waals surface area contributed by atoms with Crippen LogP contribution < -0.4 is 10.5 Å². The second-order valence-electron chi connectivity index (χ2n) is 4.01. The molecule has 0 radical (unpaired) electrons. The monoisotopic (exact) mass is 281 g/mol. The molecular formula is C12H12FN3O2S. The number of sulfonamides is 1. The first kappa shape index (κ1) is 13.3. The number of hydrogen-bond acceptors (Lipinski definition) is 4. The zero-order valence-electron chi connectivity index (χ0n) is 10.1. The lowest BCUT2D eigenvalue weighted by molar-refractivity contribution is 0.600. The fraction of sp³-hybridized carbons (Fsp3) is 0.0833. The third-order valence-corrected chi connectivity index (χ3v) is 3.78. The third kappa shape index (κ3) is 3.00. The molecule has 1 heterocycles. The average Bonchev–Trinajstić information content (AvgIpc) is 2.32. The number of rotatable bonds is 3. The molecule has 0 saturated carbocycles. The maximum absolute atomic E-state index is 13.0. The number of anilines is 2. The Morgan fingerprint density at radius 3 is 2.63 bits per heavy atom. The summed E-state index contributed by atoms with van der Waals surface area (Å²) in [6.07, 6.45) is 1.49. The predicted octanol–water partition coefficient (Wildman–Crippen LogP) is 1.91. The standard InChI is InChI=1S/C12H12FN3O2S/c1-8-4-5-15-12(6-8)16-19(17,18)9-2-3-10(13)11(14)7-9/h2-7H,14H2,1H3,(H,15,16). The van der Waals surface area contributed by atoms with Crippen LogP contribution in [-0.4, -0.2) is 13.4 Å². The zero-order valence-corrected chi connectivity index (χ0v) is 10.9. The molecule has 0 atom stereocenters. The highest BCUT2D eigenvalue weighted by molar-refractivity contribution is 7.92. The molecule has 0 unspecified atom stereocenters. The quantitative estimate of drug-likeness (QED) is 0.842. The molecule has 5 nitrogen and oxygen atoms in total. The van der Waals surface area contributed by atoms with Crippen molar-refractivity contribution in [3.63, 3.8) is 0 Å². The van der Waals surface area contributed by atoms with E-state index >= 15 is 0 Å². The molecule has 0 aliphatic rings. The van der Waals surface area contributed by atoms with Crippen LogP contribution in [0.4, 0.5) is 15.9 Å². The molecule has 19 heavy (non-hydrogen) atoms. The molecule has 7 heteroatoms. The van der Waals surface area contributed by atoms with E-state index in [1.807, 2.05) is 6.92 Å². The molecule has 2 rings (SSSR count). The van der Waals surface area contributed by atoms with Crippen LogP contribution in [0.5, 0.6) is 0 Å². The first-order chi connectivity index (χ1) is 8.88. The van der Waals surface area contributed by atoms with Crippen LogP contribution in [0.15, 0.2) is 41.4 Å². The van der Waals surface area contributed by atoms with Gasteiger partial charge in [-0.2, -0.15) is 0 Å². The van der Waals surface area contributed by atoms with E-state index in [1.165, 1.54) is 6.20 Å². The molecule has 0 spiro atoms. The Labute approximate surface area is 110 Å². The average molecular weight is 281 g/mol. The van der Waals surface area contributed by atoms with Crippen molar-refractivity contribution in [2.75, 3.05) is 10.5 Å². The number of nitrogens with zero attached hydrogens (tertiary/aromatic N) is 1. The van der Waals surface area contributed by atoms with E-state index in [1.54, 1.807) is 12.1 Å². The van der Waals surface area contributed by atoms with Gasteiger partial charge in [0.05, 0.1) is 10.6 Å². The zero-order chi connectivity index (χ0) is 14.0. The molecule has 1 aromatic carbocycles. The summed E-state index contributed by atoms with van der Waals surface area (Å²) in [5.41, 5.74) is 6.00. The van der Waals surface area contributed by atoms with Gasteiger partial charge in [-0.1, -0.05) is 0 Å². The summed E-state index contributed by atoms with van der Waals surface area (Å²) in [7, 11) is -3.83. The van der Waals surface area contributed by atoms with Crippen molar-refractivity contribution < 1.29 is 12.8 Å². The summed E-state index contributed by atoms with van der Waals surface area (Å²) >= 11 is 0. The van der Waals surface area contributed by atoms with Gasteiger partial charge in [-0.3, -0.25) is 4.72 Å². The van der Waals surface area contributed by atoms with Crippen LogP contribution in [0.2, 0.25) is 0 Å². The summed E-state index contributed by atoms with van der Waals surface area (Å²) in [4.78, 5) is 3.78. The molecule has 2 aromatic rings. The van der Waals surface area contributed by atoms with Crippen LogP contribution in [0.25, 0.3) is 0 Å². The largest absolute Gasteiger partial charge is 0.396 e.